The highest BCUT2D eigenvalue weighted by atomic mass is 16.6. The first kappa shape index (κ1) is 49.1. The van der Waals surface area contributed by atoms with Crippen LogP contribution in [0, 0.1) is 10.1 Å². The number of aromatic nitrogens is 1. The standard InChI is InChI=1S/C48H58N6O11/c1-46(2,3)63-43(57)51-41(53(44(58)64-47(4,5)6)45(59)65-48(7,8)9)34-19-15-32(16-20-34)28-49-39(25-31-17-21-37(22-18-31)54(60)61)42(56)52-24-23-38-35(29-52)26-36(50-38)27-40(55)62-30-33-13-11-10-12-14-33/h10-22,26,39,49-50H,23-25,27-30H2,1-9H3/t39-/m0/s1. The lowest BCUT2D eigenvalue weighted by Crippen LogP contribution is -2.49. The number of non-ortho nitro benzene ring substituents is 1. The van der Waals surface area contributed by atoms with Crippen molar-refractivity contribution < 1.29 is 47.8 Å². The zero-order valence-electron chi connectivity index (χ0n) is 38.4. The van der Waals surface area contributed by atoms with Crippen molar-refractivity contribution in [3.8, 4) is 0 Å². The molecule has 0 unspecified atom stereocenters. The third-order valence-corrected chi connectivity index (χ3v) is 9.53. The van der Waals surface area contributed by atoms with E-state index < -0.39 is 51.9 Å². The van der Waals surface area contributed by atoms with E-state index in [1.54, 1.807) is 104 Å². The molecule has 1 aliphatic heterocycles. The summed E-state index contributed by atoms with van der Waals surface area (Å²) in [6.07, 6.45) is -2.54. The number of nitro groups is 1. The Kier molecular flexibility index (Phi) is 15.7. The molecule has 346 valence electrons. The minimum atomic E-state index is -1.13. The highest BCUT2D eigenvalue weighted by Crippen LogP contribution is 2.24. The van der Waals surface area contributed by atoms with E-state index in [1.165, 1.54) is 12.1 Å². The van der Waals surface area contributed by atoms with Crippen LogP contribution in [0.1, 0.15) is 102 Å². The maximum absolute atomic E-state index is 14.4. The molecule has 65 heavy (non-hydrogen) atoms. The number of rotatable bonds is 12. The van der Waals surface area contributed by atoms with Crippen molar-refractivity contribution in [1.82, 2.24) is 20.1 Å². The highest BCUT2D eigenvalue weighted by molar-refractivity contribution is 6.18. The van der Waals surface area contributed by atoms with E-state index >= 15 is 0 Å². The lowest BCUT2D eigenvalue weighted by Gasteiger charge is -2.31. The Morgan fingerprint density at radius 2 is 1.38 bits per heavy atom. The average Bonchev–Trinajstić information content (AvgIpc) is 3.61. The van der Waals surface area contributed by atoms with E-state index in [0.717, 1.165) is 16.8 Å². The minimum absolute atomic E-state index is 0.0469. The van der Waals surface area contributed by atoms with Gasteiger partial charge in [0.15, 0.2) is 5.84 Å². The Balaban J connectivity index is 1.37. The number of H-pyrrole nitrogens is 1. The molecular formula is C48H58N6O11. The molecule has 2 N–H and O–H groups in total. The number of hydrogen-bond acceptors (Lipinski definition) is 12. The van der Waals surface area contributed by atoms with Crippen LogP contribution in [0.25, 0.3) is 0 Å². The number of esters is 1. The number of fused-ring (bicyclic) bond motifs is 1. The van der Waals surface area contributed by atoms with E-state index in [1.807, 2.05) is 36.4 Å². The third-order valence-electron chi connectivity index (χ3n) is 9.53. The molecular weight excluding hydrogens is 837 g/mol. The van der Waals surface area contributed by atoms with Gasteiger partial charge in [-0.3, -0.25) is 19.7 Å². The van der Waals surface area contributed by atoms with E-state index in [4.69, 9.17) is 18.9 Å². The summed E-state index contributed by atoms with van der Waals surface area (Å²) in [6.45, 7) is 15.7. The van der Waals surface area contributed by atoms with Crippen LogP contribution in [0.3, 0.4) is 0 Å². The van der Waals surface area contributed by atoms with E-state index in [-0.39, 0.29) is 49.1 Å². The number of nitrogens with one attached hydrogen (secondary N) is 2. The summed E-state index contributed by atoms with van der Waals surface area (Å²) in [5.41, 5.74) is 1.84. The number of amides is 4. The molecule has 0 aliphatic carbocycles. The average molecular weight is 895 g/mol. The number of ether oxygens (including phenoxy) is 4. The lowest BCUT2D eigenvalue weighted by atomic mass is 10.0. The van der Waals surface area contributed by atoms with Gasteiger partial charge in [0, 0.05) is 55.1 Å². The van der Waals surface area contributed by atoms with Crippen LogP contribution in [0.15, 0.2) is 89.9 Å². The first-order chi connectivity index (χ1) is 30.4. The van der Waals surface area contributed by atoms with Gasteiger partial charge in [0.25, 0.3) is 5.69 Å². The van der Waals surface area contributed by atoms with Gasteiger partial charge in [-0.25, -0.2) is 14.4 Å². The molecule has 4 aromatic rings. The number of hydrogen-bond donors (Lipinski definition) is 2. The number of benzene rings is 3. The molecule has 3 aromatic carbocycles. The van der Waals surface area contributed by atoms with E-state index in [0.29, 0.717) is 41.2 Å². The van der Waals surface area contributed by atoms with Gasteiger partial charge in [0.05, 0.1) is 17.4 Å². The number of aromatic amines is 1. The summed E-state index contributed by atoms with van der Waals surface area (Å²) in [4.78, 5) is 88.1. The number of imide groups is 1. The van der Waals surface area contributed by atoms with Crippen molar-refractivity contribution in [2.75, 3.05) is 6.54 Å². The molecule has 1 aromatic heterocycles. The molecule has 17 heteroatoms. The first-order valence-corrected chi connectivity index (χ1v) is 21.2. The van der Waals surface area contributed by atoms with Crippen LogP contribution >= 0.6 is 0 Å². The van der Waals surface area contributed by atoms with Gasteiger partial charge in [-0.05, 0) is 97.1 Å². The number of aliphatic imine (C=N–C) groups is 1. The number of amidine groups is 1. The van der Waals surface area contributed by atoms with Crippen LogP contribution in [0.2, 0.25) is 0 Å². The predicted octanol–water partition coefficient (Wildman–Crippen LogP) is 8.35. The van der Waals surface area contributed by atoms with Crippen molar-refractivity contribution >= 4 is 41.7 Å². The molecule has 17 nitrogen and oxygen atoms in total. The fraction of sp³-hybridized carbons (Fsp3) is 0.417. The van der Waals surface area contributed by atoms with Crippen LogP contribution in [-0.4, -0.2) is 85.1 Å². The molecule has 4 amide bonds. The van der Waals surface area contributed by atoms with Crippen molar-refractivity contribution in [2.45, 2.75) is 124 Å². The smallest absolute Gasteiger partial charge is 0.436 e. The number of carbonyl (C=O) groups excluding carboxylic acids is 5. The van der Waals surface area contributed by atoms with Gasteiger partial charge >= 0.3 is 24.2 Å². The fourth-order valence-electron chi connectivity index (χ4n) is 6.68. The lowest BCUT2D eigenvalue weighted by molar-refractivity contribution is -0.384. The van der Waals surface area contributed by atoms with Gasteiger partial charge in [0.2, 0.25) is 5.91 Å². The minimum Gasteiger partial charge on any atom is -0.461 e. The SMILES string of the molecule is CC(C)(C)OC(=O)N=C(c1ccc(CN[C@@H](Cc2ccc([N+](=O)[O-])cc2)C(=O)N2CCc3[nH]c(CC(=O)OCc4ccccc4)cc3C2)cc1)N(C(=O)OC(C)(C)C)C(=O)OC(C)(C)C. The Morgan fingerprint density at radius 3 is 1.95 bits per heavy atom. The zero-order valence-corrected chi connectivity index (χ0v) is 38.4. The molecule has 0 saturated carbocycles. The van der Waals surface area contributed by atoms with Crippen LogP contribution in [0.4, 0.5) is 20.1 Å². The van der Waals surface area contributed by atoms with Gasteiger partial charge in [-0.15, -0.1) is 0 Å². The predicted molar refractivity (Wildman–Crippen MR) is 241 cm³/mol. The second kappa shape index (κ2) is 20.7. The Labute approximate surface area is 378 Å². The molecule has 0 saturated heterocycles. The second-order valence-corrected chi connectivity index (χ2v) is 18.6. The summed E-state index contributed by atoms with van der Waals surface area (Å²) in [5, 5.41) is 14.7. The summed E-state index contributed by atoms with van der Waals surface area (Å²) >= 11 is 0. The molecule has 0 fully saturated rings. The first-order valence-electron chi connectivity index (χ1n) is 21.2. The third kappa shape index (κ3) is 15.1. The van der Waals surface area contributed by atoms with Gasteiger partial charge < -0.3 is 34.1 Å². The second-order valence-electron chi connectivity index (χ2n) is 18.6. The quantitative estimate of drug-likeness (QED) is 0.0343. The number of carbonyl (C=O) groups is 5. The zero-order chi connectivity index (χ0) is 47.7. The molecule has 0 bridgehead atoms. The molecule has 0 radical (unpaired) electrons. The molecule has 1 aliphatic rings. The summed E-state index contributed by atoms with van der Waals surface area (Å²) in [5.74, 6) is -0.974. The monoisotopic (exact) mass is 894 g/mol. The Bertz CT molecular complexity index is 2340. The van der Waals surface area contributed by atoms with Crippen LogP contribution in [0.5, 0.6) is 0 Å². The van der Waals surface area contributed by atoms with E-state index in [9.17, 15) is 34.1 Å². The van der Waals surface area contributed by atoms with Crippen molar-refractivity contribution in [2.24, 2.45) is 4.99 Å². The summed E-state index contributed by atoms with van der Waals surface area (Å²) in [7, 11) is 0. The largest absolute Gasteiger partial charge is 0.461 e. The fourth-order valence-corrected chi connectivity index (χ4v) is 6.68. The van der Waals surface area contributed by atoms with Gasteiger partial charge in [0.1, 0.15) is 23.4 Å². The number of nitro benzene ring substituents is 1. The molecule has 1 atom stereocenters. The highest BCUT2D eigenvalue weighted by Gasteiger charge is 2.37. The maximum atomic E-state index is 14.4. The van der Waals surface area contributed by atoms with Crippen molar-refractivity contribution in [3.05, 3.63) is 134 Å². The number of nitrogens with zero attached hydrogens (tertiary/aromatic N) is 4. The Morgan fingerprint density at radius 1 is 0.800 bits per heavy atom. The van der Waals surface area contributed by atoms with Crippen LogP contribution in [-0.2, 0) is 67.5 Å². The van der Waals surface area contributed by atoms with Crippen molar-refractivity contribution in [1.29, 1.82) is 0 Å². The molecule has 2 heterocycles. The van der Waals surface area contributed by atoms with Gasteiger partial charge in [-0.1, -0.05) is 66.7 Å². The topological polar surface area (TPSA) is 212 Å². The Hall–Kier alpha value is -6.88. The van der Waals surface area contributed by atoms with Crippen LogP contribution < -0.4 is 5.32 Å². The van der Waals surface area contributed by atoms with E-state index in [2.05, 4.69) is 15.3 Å². The normalized spacial score (nSPS) is 13.6. The summed E-state index contributed by atoms with van der Waals surface area (Å²) < 4.78 is 22.0. The molecule has 5 rings (SSSR count). The van der Waals surface area contributed by atoms with Gasteiger partial charge in [-0.2, -0.15) is 9.89 Å². The molecule has 0 spiro atoms. The maximum Gasteiger partial charge on any atom is 0.436 e. The summed E-state index contributed by atoms with van der Waals surface area (Å²) in [6, 6.07) is 23.0. The van der Waals surface area contributed by atoms with Crippen molar-refractivity contribution in [3.63, 3.8) is 0 Å².